The average Bonchev–Trinajstić information content (AvgIpc) is 3.53. The molecule has 0 amide bonds. The molecule has 0 radical (unpaired) electrons. The van der Waals surface area contributed by atoms with E-state index < -0.39 is 17.2 Å². The Morgan fingerprint density at radius 1 is 1.41 bits per heavy atom. The molecule has 1 saturated heterocycles. The van der Waals surface area contributed by atoms with E-state index in [9.17, 15) is 14.7 Å². The molecule has 2 bridgehead atoms. The molecule has 2 saturated carbocycles. The van der Waals surface area contributed by atoms with Crippen LogP contribution in [0.5, 0.6) is 5.88 Å². The van der Waals surface area contributed by atoms with E-state index in [0.29, 0.717) is 45.2 Å². The molecule has 4 unspecified atom stereocenters. The number of anilines is 1. The normalized spacial score (nSPS) is 29.9. The zero-order valence-electron chi connectivity index (χ0n) is 17.5. The Kier molecular flexibility index (Phi) is 3.55. The Morgan fingerprint density at radius 3 is 3.03 bits per heavy atom. The molecule has 3 aromatic rings. The second-order valence-electron chi connectivity index (χ2n) is 9.68. The summed E-state index contributed by atoms with van der Waals surface area (Å²) in [6, 6.07) is 1.23. The number of nitrogens with one attached hydrogen (secondary N) is 1. The first kappa shape index (κ1) is 18.9. The van der Waals surface area contributed by atoms with Crippen LogP contribution >= 0.6 is 11.3 Å². The molecule has 4 heterocycles. The number of benzene rings is 1. The van der Waals surface area contributed by atoms with Crippen LogP contribution in [0.1, 0.15) is 35.2 Å². The van der Waals surface area contributed by atoms with Gasteiger partial charge in [-0.15, -0.1) is 11.3 Å². The van der Waals surface area contributed by atoms with Crippen molar-refractivity contribution in [2.24, 2.45) is 17.8 Å². The van der Waals surface area contributed by atoms with E-state index in [1.54, 1.807) is 9.78 Å². The number of hydrogen-bond donors (Lipinski definition) is 2. The number of pyridine rings is 1. The highest BCUT2D eigenvalue weighted by Gasteiger charge is 2.60. The largest absolute Gasteiger partial charge is 0.477 e. The van der Waals surface area contributed by atoms with Crippen molar-refractivity contribution in [1.82, 2.24) is 9.72 Å². The van der Waals surface area contributed by atoms with E-state index in [1.165, 1.54) is 25.3 Å². The van der Waals surface area contributed by atoms with Gasteiger partial charge in [0.05, 0.1) is 22.0 Å². The summed E-state index contributed by atoms with van der Waals surface area (Å²) in [5.41, 5.74) is 0.899. The fourth-order valence-electron chi connectivity index (χ4n) is 7.25. The molecule has 2 aromatic heterocycles. The molecule has 1 aromatic carbocycles. The Bertz CT molecular complexity index is 1410. The molecule has 9 heteroatoms. The number of thiazole rings is 1. The van der Waals surface area contributed by atoms with Gasteiger partial charge in [-0.1, -0.05) is 0 Å². The molecule has 0 spiro atoms. The van der Waals surface area contributed by atoms with E-state index >= 15 is 4.39 Å². The quantitative estimate of drug-likeness (QED) is 0.632. The average molecular weight is 456 g/mol. The van der Waals surface area contributed by atoms with Crippen molar-refractivity contribution < 1.29 is 19.0 Å². The number of carboxylic acids is 1. The van der Waals surface area contributed by atoms with Crippen molar-refractivity contribution in [3.63, 3.8) is 0 Å². The lowest BCUT2D eigenvalue weighted by atomic mass is 9.77. The smallest absolute Gasteiger partial charge is 0.342 e. The summed E-state index contributed by atoms with van der Waals surface area (Å²) < 4.78 is 23.2. The van der Waals surface area contributed by atoms with Gasteiger partial charge in [-0.05, 0) is 50.1 Å². The second kappa shape index (κ2) is 6.02. The SMILES string of the molecule is CNC12CCC(C1)C1CN(c3c(F)cc4c(=O)c(C(=O)O)c5scc6n5c4c3CO6)CC12. The Balaban J connectivity index is 1.46. The van der Waals surface area contributed by atoms with Crippen LogP contribution in [-0.2, 0) is 6.61 Å². The molecule has 32 heavy (non-hydrogen) atoms. The third-order valence-corrected chi connectivity index (χ3v) is 9.52. The number of aromatic nitrogens is 1. The van der Waals surface area contributed by atoms with Crippen LogP contribution < -0.4 is 20.4 Å². The van der Waals surface area contributed by atoms with Gasteiger partial charge in [-0.25, -0.2) is 9.18 Å². The Hall–Kier alpha value is -2.65. The van der Waals surface area contributed by atoms with E-state index in [0.717, 1.165) is 24.4 Å². The highest BCUT2D eigenvalue weighted by Crippen LogP contribution is 2.58. The fourth-order valence-corrected chi connectivity index (χ4v) is 8.22. The number of hydrogen-bond acceptors (Lipinski definition) is 6. The van der Waals surface area contributed by atoms with Crippen LogP contribution in [0.2, 0.25) is 0 Å². The van der Waals surface area contributed by atoms with Crippen LogP contribution in [0.4, 0.5) is 10.1 Å². The predicted octanol–water partition coefficient (Wildman–Crippen LogP) is 3.07. The summed E-state index contributed by atoms with van der Waals surface area (Å²) in [4.78, 5) is 27.4. The number of aromatic carboxylic acids is 1. The minimum Gasteiger partial charge on any atom is -0.477 e. The molecular formula is C23H22FN3O4S. The van der Waals surface area contributed by atoms with Crippen molar-refractivity contribution in [3.05, 3.63) is 38.6 Å². The van der Waals surface area contributed by atoms with Gasteiger partial charge in [0.1, 0.15) is 22.8 Å². The van der Waals surface area contributed by atoms with Crippen LogP contribution in [0.3, 0.4) is 0 Å². The van der Waals surface area contributed by atoms with E-state index in [2.05, 4.69) is 10.2 Å². The molecule has 2 aliphatic heterocycles. The molecule has 4 aliphatic rings. The molecule has 3 fully saturated rings. The van der Waals surface area contributed by atoms with Gasteiger partial charge in [0.15, 0.2) is 0 Å². The van der Waals surface area contributed by atoms with Gasteiger partial charge in [-0.2, -0.15) is 0 Å². The zero-order chi connectivity index (χ0) is 21.9. The summed E-state index contributed by atoms with van der Waals surface area (Å²) in [6.45, 7) is 1.74. The van der Waals surface area contributed by atoms with Crippen LogP contribution in [0.25, 0.3) is 15.7 Å². The topological polar surface area (TPSA) is 83.3 Å². The molecule has 7 nitrogen and oxygen atoms in total. The van der Waals surface area contributed by atoms with Crippen molar-refractivity contribution in [1.29, 1.82) is 0 Å². The van der Waals surface area contributed by atoms with Gasteiger partial charge < -0.3 is 20.1 Å². The van der Waals surface area contributed by atoms with Crippen molar-refractivity contribution in [3.8, 4) is 5.88 Å². The standard InChI is InChI=1S/C23H22FN3O4S/c1-25-23-3-2-10(5-23)12-6-26(7-14(12)23)19-13-8-31-16-9-32-21-17(22(29)30)20(28)11(4-15(19)24)18(13)27(16)21/h4,9-10,12,14,25H,2-3,5-8H2,1H3,(H,29,30). The number of halogens is 1. The lowest BCUT2D eigenvalue weighted by Gasteiger charge is -2.35. The molecule has 4 atom stereocenters. The zero-order valence-corrected chi connectivity index (χ0v) is 18.3. The highest BCUT2D eigenvalue weighted by atomic mass is 32.1. The molecule has 166 valence electrons. The molecule has 2 N–H and O–H groups in total. The van der Waals surface area contributed by atoms with Gasteiger partial charge in [0.25, 0.3) is 0 Å². The number of ether oxygens (including phenoxy) is 1. The van der Waals surface area contributed by atoms with Crippen LogP contribution in [-0.4, -0.2) is 41.2 Å². The Labute approximate surface area is 186 Å². The Morgan fingerprint density at radius 2 is 2.25 bits per heavy atom. The summed E-state index contributed by atoms with van der Waals surface area (Å²) in [5.74, 6) is 0.393. The molecule has 2 aliphatic carbocycles. The number of rotatable bonds is 3. The van der Waals surface area contributed by atoms with Gasteiger partial charge in [-0.3, -0.25) is 9.20 Å². The van der Waals surface area contributed by atoms with E-state index in [1.807, 2.05) is 7.05 Å². The number of carboxylic acid groups (broad SMARTS) is 1. The van der Waals surface area contributed by atoms with Crippen LogP contribution in [0, 0.1) is 23.6 Å². The maximum Gasteiger partial charge on any atom is 0.342 e. The first-order chi connectivity index (χ1) is 15.4. The number of carbonyl (C=O) groups is 1. The van der Waals surface area contributed by atoms with E-state index in [4.69, 9.17) is 4.74 Å². The monoisotopic (exact) mass is 455 g/mol. The highest BCUT2D eigenvalue weighted by molar-refractivity contribution is 7.16. The minimum absolute atomic E-state index is 0.102. The van der Waals surface area contributed by atoms with Gasteiger partial charge in [0.2, 0.25) is 11.3 Å². The maximum atomic E-state index is 15.6. The lowest BCUT2D eigenvalue weighted by Crippen LogP contribution is -2.48. The maximum absolute atomic E-state index is 15.6. The number of nitrogens with zero attached hydrogens (tertiary/aromatic N) is 2. The van der Waals surface area contributed by atoms with Crippen molar-refractivity contribution in [2.75, 3.05) is 25.0 Å². The van der Waals surface area contributed by atoms with Crippen molar-refractivity contribution in [2.45, 2.75) is 31.4 Å². The summed E-state index contributed by atoms with van der Waals surface area (Å²) >= 11 is 1.16. The lowest BCUT2D eigenvalue weighted by molar-refractivity contribution is 0.0697. The third-order valence-electron chi connectivity index (χ3n) is 8.59. The number of fused-ring (bicyclic) bond motifs is 5. The summed E-state index contributed by atoms with van der Waals surface area (Å²) in [5, 5.41) is 15.1. The summed E-state index contributed by atoms with van der Waals surface area (Å²) in [6.07, 6.45) is 3.60. The second-order valence-corrected chi connectivity index (χ2v) is 10.5. The van der Waals surface area contributed by atoms with E-state index in [-0.39, 0.29) is 23.1 Å². The summed E-state index contributed by atoms with van der Waals surface area (Å²) in [7, 11) is 2.04. The van der Waals surface area contributed by atoms with Crippen molar-refractivity contribution >= 4 is 38.7 Å². The molecule has 7 rings (SSSR count). The fraction of sp³-hybridized carbons (Fsp3) is 0.478. The predicted molar refractivity (Wildman–Crippen MR) is 119 cm³/mol. The van der Waals surface area contributed by atoms with Crippen LogP contribution in [0.15, 0.2) is 16.2 Å². The molecular weight excluding hydrogens is 433 g/mol. The first-order valence-electron chi connectivity index (χ1n) is 11.0. The minimum atomic E-state index is -1.31. The van der Waals surface area contributed by atoms with Gasteiger partial charge in [0, 0.05) is 24.2 Å². The van der Waals surface area contributed by atoms with Gasteiger partial charge >= 0.3 is 5.97 Å². The third kappa shape index (κ3) is 2.09. The first-order valence-corrected chi connectivity index (χ1v) is 11.9.